The molecule has 1 aliphatic carbocycles. The summed E-state index contributed by atoms with van der Waals surface area (Å²) < 4.78 is 13.1. The van der Waals surface area contributed by atoms with Gasteiger partial charge in [-0.1, -0.05) is 32.4 Å². The quantitative estimate of drug-likeness (QED) is 0.820. The van der Waals surface area contributed by atoms with E-state index in [-0.39, 0.29) is 11.7 Å². The van der Waals surface area contributed by atoms with Crippen LogP contribution in [0.5, 0.6) is 0 Å². The van der Waals surface area contributed by atoms with Crippen molar-refractivity contribution < 1.29 is 9.50 Å². The minimum Gasteiger partial charge on any atom is -0.388 e. The van der Waals surface area contributed by atoms with Gasteiger partial charge in [-0.2, -0.15) is 0 Å². The van der Waals surface area contributed by atoms with E-state index in [2.05, 4.69) is 13.8 Å². The molecule has 2 rings (SSSR count). The Morgan fingerprint density at radius 3 is 2.82 bits per heavy atom. The number of hydrogen-bond acceptors (Lipinski definition) is 1. The lowest BCUT2D eigenvalue weighted by atomic mass is 9.70. The second-order valence-electron chi connectivity index (χ2n) is 6.02. The molecule has 1 N–H and O–H groups in total. The maximum Gasteiger partial charge on any atom is 0.123 e. The first-order valence-corrected chi connectivity index (χ1v) is 6.41. The van der Waals surface area contributed by atoms with Gasteiger partial charge in [0.2, 0.25) is 0 Å². The molecule has 1 aromatic carbocycles. The number of benzene rings is 1. The molecule has 2 heteroatoms. The highest BCUT2D eigenvalue weighted by molar-refractivity contribution is 5.19. The van der Waals surface area contributed by atoms with Gasteiger partial charge in [0, 0.05) is 0 Å². The van der Waals surface area contributed by atoms with Gasteiger partial charge in [0.1, 0.15) is 5.82 Å². The van der Waals surface area contributed by atoms with E-state index in [1.54, 1.807) is 6.07 Å². The van der Waals surface area contributed by atoms with E-state index in [9.17, 15) is 9.50 Å². The topological polar surface area (TPSA) is 20.2 Å². The number of halogens is 1. The molecule has 0 bridgehead atoms. The molecule has 17 heavy (non-hydrogen) atoms. The third-order valence-corrected chi connectivity index (χ3v) is 3.88. The van der Waals surface area contributed by atoms with Crippen molar-refractivity contribution in [2.45, 2.75) is 45.6 Å². The van der Waals surface area contributed by atoms with E-state index in [1.807, 2.05) is 6.07 Å². The van der Waals surface area contributed by atoms with E-state index in [0.717, 1.165) is 19.3 Å². The molecule has 0 amide bonds. The van der Waals surface area contributed by atoms with E-state index in [1.165, 1.54) is 18.6 Å². The molecule has 0 aromatic heterocycles. The van der Waals surface area contributed by atoms with Crippen molar-refractivity contribution in [2.24, 2.45) is 11.3 Å². The van der Waals surface area contributed by atoms with Crippen molar-refractivity contribution >= 4 is 0 Å². The summed E-state index contributed by atoms with van der Waals surface area (Å²) in [5, 5.41) is 10.3. The van der Waals surface area contributed by atoms with Crippen molar-refractivity contribution in [1.29, 1.82) is 0 Å². The first kappa shape index (κ1) is 12.6. The molecule has 1 nitrogen and oxygen atoms in total. The average molecular weight is 236 g/mol. The summed E-state index contributed by atoms with van der Waals surface area (Å²) in [7, 11) is 0. The fourth-order valence-electron chi connectivity index (χ4n) is 2.99. The first-order chi connectivity index (χ1) is 7.98. The van der Waals surface area contributed by atoms with Gasteiger partial charge in [-0.05, 0) is 48.3 Å². The van der Waals surface area contributed by atoms with Gasteiger partial charge in [0.15, 0.2) is 0 Å². The van der Waals surface area contributed by atoms with Crippen LogP contribution in [0.1, 0.15) is 51.2 Å². The van der Waals surface area contributed by atoms with E-state index < -0.39 is 6.10 Å². The van der Waals surface area contributed by atoms with Crippen LogP contribution in [-0.4, -0.2) is 5.11 Å². The molecule has 0 radical (unpaired) electrons. The molecule has 0 heterocycles. The van der Waals surface area contributed by atoms with Crippen molar-refractivity contribution in [3.8, 4) is 0 Å². The third kappa shape index (κ3) is 3.06. The summed E-state index contributed by atoms with van der Waals surface area (Å²) in [4.78, 5) is 0. The lowest BCUT2D eigenvalue weighted by Gasteiger charge is -2.37. The number of hydrogen-bond donors (Lipinski definition) is 1. The van der Waals surface area contributed by atoms with Crippen LogP contribution in [0.25, 0.3) is 0 Å². The summed E-state index contributed by atoms with van der Waals surface area (Å²) >= 11 is 0. The van der Waals surface area contributed by atoms with E-state index in [4.69, 9.17) is 0 Å². The Morgan fingerprint density at radius 2 is 2.18 bits per heavy atom. The Balaban J connectivity index is 2.12. The maximum atomic E-state index is 13.1. The Bertz CT molecular complexity index is 386. The lowest BCUT2D eigenvalue weighted by Crippen LogP contribution is -2.26. The smallest absolute Gasteiger partial charge is 0.123 e. The van der Waals surface area contributed by atoms with Crippen LogP contribution >= 0.6 is 0 Å². The van der Waals surface area contributed by atoms with Crippen molar-refractivity contribution in [3.63, 3.8) is 0 Å². The summed E-state index contributed by atoms with van der Waals surface area (Å²) in [6.07, 6.45) is 3.92. The summed E-state index contributed by atoms with van der Waals surface area (Å²) in [5.74, 6) is -0.00262. The highest BCUT2D eigenvalue weighted by Crippen LogP contribution is 2.43. The van der Waals surface area contributed by atoms with Gasteiger partial charge in [-0.15, -0.1) is 0 Å². The van der Waals surface area contributed by atoms with Gasteiger partial charge in [0.05, 0.1) is 6.10 Å². The second kappa shape index (κ2) is 4.77. The standard InChI is InChI=1S/C15H21FO/c1-15(2)8-4-6-12(10-15)14(17)11-5-3-7-13(16)9-11/h3,5,7,9,12,14,17H,4,6,8,10H2,1-2H3/t12-,14-/m0/s1. The molecule has 94 valence electrons. The first-order valence-electron chi connectivity index (χ1n) is 6.41. The van der Waals surface area contributed by atoms with Crippen LogP contribution < -0.4 is 0 Å². The number of aliphatic hydroxyl groups is 1. The zero-order valence-electron chi connectivity index (χ0n) is 10.6. The molecule has 1 fully saturated rings. The van der Waals surface area contributed by atoms with Crippen LogP contribution in [0.4, 0.5) is 4.39 Å². The molecule has 1 aromatic rings. The second-order valence-corrected chi connectivity index (χ2v) is 6.02. The van der Waals surface area contributed by atoms with Crippen LogP contribution in [0, 0.1) is 17.2 Å². The predicted octanol–water partition coefficient (Wildman–Crippen LogP) is 4.08. The fourth-order valence-corrected chi connectivity index (χ4v) is 2.99. The fraction of sp³-hybridized carbons (Fsp3) is 0.600. The monoisotopic (exact) mass is 236 g/mol. The van der Waals surface area contributed by atoms with Crippen molar-refractivity contribution in [1.82, 2.24) is 0 Å². The molecular weight excluding hydrogens is 215 g/mol. The molecule has 0 aliphatic heterocycles. The zero-order chi connectivity index (χ0) is 12.5. The average Bonchev–Trinajstić information content (AvgIpc) is 2.26. The highest BCUT2D eigenvalue weighted by atomic mass is 19.1. The van der Waals surface area contributed by atoms with Gasteiger partial charge in [-0.25, -0.2) is 4.39 Å². The molecule has 1 aliphatic rings. The van der Waals surface area contributed by atoms with Gasteiger partial charge >= 0.3 is 0 Å². The van der Waals surface area contributed by atoms with Crippen molar-refractivity contribution in [3.05, 3.63) is 35.6 Å². The minimum atomic E-state index is -0.523. The molecule has 1 saturated carbocycles. The lowest BCUT2D eigenvalue weighted by molar-refractivity contribution is 0.0458. The molecule has 0 unspecified atom stereocenters. The largest absolute Gasteiger partial charge is 0.388 e. The highest BCUT2D eigenvalue weighted by Gasteiger charge is 2.32. The Hall–Kier alpha value is -0.890. The summed E-state index contributed by atoms with van der Waals surface area (Å²) in [6, 6.07) is 6.35. The summed E-state index contributed by atoms with van der Waals surface area (Å²) in [5.41, 5.74) is 1.02. The normalized spacial score (nSPS) is 25.5. The van der Waals surface area contributed by atoms with Crippen LogP contribution in [0.15, 0.2) is 24.3 Å². The van der Waals surface area contributed by atoms with Crippen molar-refractivity contribution in [2.75, 3.05) is 0 Å². The van der Waals surface area contributed by atoms with Gasteiger partial charge in [0.25, 0.3) is 0 Å². The van der Waals surface area contributed by atoms with E-state index >= 15 is 0 Å². The third-order valence-electron chi connectivity index (χ3n) is 3.88. The summed E-state index contributed by atoms with van der Waals surface area (Å²) in [6.45, 7) is 4.49. The molecule has 0 spiro atoms. The molecular formula is C15H21FO. The maximum absolute atomic E-state index is 13.1. The van der Waals surface area contributed by atoms with Crippen LogP contribution in [-0.2, 0) is 0 Å². The molecule has 0 saturated heterocycles. The Morgan fingerprint density at radius 1 is 1.41 bits per heavy atom. The zero-order valence-corrected chi connectivity index (χ0v) is 10.6. The van der Waals surface area contributed by atoms with Gasteiger partial charge in [-0.3, -0.25) is 0 Å². The van der Waals surface area contributed by atoms with Gasteiger partial charge < -0.3 is 5.11 Å². The Labute approximate surface area is 103 Å². The SMILES string of the molecule is CC1(C)CCC[C@H]([C@@H](O)c2cccc(F)c2)C1. The predicted molar refractivity (Wildman–Crippen MR) is 67.1 cm³/mol. The van der Waals surface area contributed by atoms with Crippen LogP contribution in [0.3, 0.4) is 0 Å². The van der Waals surface area contributed by atoms with E-state index in [0.29, 0.717) is 11.0 Å². The minimum absolute atomic E-state index is 0.264. The number of aliphatic hydroxyl groups excluding tert-OH is 1. The number of rotatable bonds is 2. The Kier molecular flexibility index (Phi) is 3.53. The molecule has 2 atom stereocenters. The van der Waals surface area contributed by atoms with Crippen LogP contribution in [0.2, 0.25) is 0 Å².